The summed E-state index contributed by atoms with van der Waals surface area (Å²) in [6.45, 7) is 3.94. The quantitative estimate of drug-likeness (QED) is 0.288. The van der Waals surface area contributed by atoms with Crippen molar-refractivity contribution in [1.29, 1.82) is 0 Å². The highest BCUT2D eigenvalue weighted by atomic mass is 127. The van der Waals surface area contributed by atoms with Gasteiger partial charge < -0.3 is 4.74 Å². The Morgan fingerprint density at radius 3 is 2.64 bits per heavy atom. The molecule has 0 atom stereocenters. The van der Waals surface area contributed by atoms with E-state index in [-0.39, 0.29) is 9.52 Å². The third kappa shape index (κ3) is 10.9. The normalized spacial score (nSPS) is 11.5. The third-order valence-corrected chi connectivity index (χ3v) is 4.39. The molecule has 0 spiro atoms. The van der Waals surface area contributed by atoms with Gasteiger partial charge in [-0.3, -0.25) is 0 Å². The molecule has 0 aliphatic heterocycles. The molecule has 0 heterocycles. The van der Waals surface area contributed by atoms with Gasteiger partial charge in [-0.1, -0.05) is 34.7 Å². The van der Waals surface area contributed by atoms with Gasteiger partial charge in [-0.25, -0.2) is 0 Å². The van der Waals surface area contributed by atoms with E-state index in [9.17, 15) is 0 Å². The van der Waals surface area contributed by atoms with Gasteiger partial charge in [-0.05, 0) is 24.2 Å². The van der Waals surface area contributed by atoms with Crippen molar-refractivity contribution in [3.8, 4) is 0 Å². The number of halogens is 1. The van der Waals surface area contributed by atoms with Crippen molar-refractivity contribution in [2.24, 2.45) is 0 Å². The molecule has 0 radical (unpaired) electrons. The molecule has 0 N–H and O–H groups in total. The van der Waals surface area contributed by atoms with E-state index in [2.05, 4.69) is 29.5 Å². The van der Waals surface area contributed by atoms with Crippen LogP contribution in [0.15, 0.2) is 0 Å². The zero-order chi connectivity index (χ0) is 8.36. The highest BCUT2D eigenvalue weighted by Gasteiger charge is 1.90. The van der Waals surface area contributed by atoms with Crippen LogP contribution in [0.5, 0.6) is 0 Å². The van der Waals surface area contributed by atoms with Gasteiger partial charge in [0.15, 0.2) is 0 Å². The minimum absolute atomic E-state index is 0.288. The van der Waals surface area contributed by atoms with Crippen LogP contribution < -0.4 is 0 Å². The number of rotatable bonds is 8. The highest BCUT2D eigenvalue weighted by Crippen LogP contribution is 1.98. The molecule has 11 heavy (non-hydrogen) atoms. The number of alkyl halides is 1. The molecule has 0 saturated heterocycles. The number of hydrogen-bond acceptors (Lipinski definition) is 1. The van der Waals surface area contributed by atoms with E-state index in [1.807, 2.05) is 0 Å². The Morgan fingerprint density at radius 1 is 1.27 bits per heavy atom. The number of ether oxygens (including phenoxy) is 1. The molecule has 0 aromatic rings. The summed E-state index contributed by atoms with van der Waals surface area (Å²) in [6.07, 6.45) is 2.75. The van der Waals surface area contributed by atoms with Gasteiger partial charge in [0, 0.05) is 22.7 Å². The minimum Gasteiger partial charge on any atom is -0.382 e. The van der Waals surface area contributed by atoms with Gasteiger partial charge in [0.1, 0.15) is 0 Å². The molecule has 0 amide bonds. The molecule has 0 fully saturated rings. The first-order valence-electron chi connectivity index (χ1n) is 4.55. The summed E-state index contributed by atoms with van der Waals surface area (Å²) in [7, 11) is 0.288. The third-order valence-electron chi connectivity index (χ3n) is 1.63. The monoisotopic (exact) mass is 286 g/mol. The van der Waals surface area contributed by atoms with Crippen LogP contribution >= 0.6 is 22.6 Å². The second-order valence-electron chi connectivity index (χ2n) is 2.65. The van der Waals surface area contributed by atoms with Crippen LogP contribution in [-0.2, 0) is 4.74 Å². The molecular weight excluding hydrogens is 267 g/mol. The molecule has 0 bridgehead atoms. The summed E-state index contributed by atoms with van der Waals surface area (Å²) in [6, 6.07) is 3.02. The zero-order valence-electron chi connectivity index (χ0n) is 7.44. The summed E-state index contributed by atoms with van der Waals surface area (Å²) >= 11 is 2.46. The first-order chi connectivity index (χ1) is 5.41. The summed E-state index contributed by atoms with van der Waals surface area (Å²) in [5.41, 5.74) is 0. The Morgan fingerprint density at radius 2 is 2.00 bits per heavy atom. The minimum atomic E-state index is 0.288. The Kier molecular flexibility index (Phi) is 11.8. The molecule has 0 aromatic carbocycles. The maximum Gasteiger partial charge on any atom is 0.0463 e. The summed E-state index contributed by atoms with van der Waals surface area (Å²) in [5, 5.41) is 0. The lowest BCUT2D eigenvalue weighted by molar-refractivity contribution is 0.148. The van der Waals surface area contributed by atoms with Crippen LogP contribution in [0.25, 0.3) is 0 Å². The second kappa shape index (κ2) is 10.9. The van der Waals surface area contributed by atoms with E-state index in [0.29, 0.717) is 0 Å². The Hall–Kier alpha value is 0.907. The average Bonchev–Trinajstić information content (AvgIpc) is 2.03. The Labute approximate surface area is 86.2 Å². The molecule has 0 rings (SSSR count). The summed E-state index contributed by atoms with van der Waals surface area (Å²) < 4.78 is 6.60. The summed E-state index contributed by atoms with van der Waals surface area (Å²) in [5.74, 6) is 0. The molecule has 0 aliphatic rings. The molecule has 0 saturated carbocycles. The predicted octanol–water partition coefficient (Wildman–Crippen LogP) is 2.24. The first kappa shape index (κ1) is 11.9. The molecule has 68 valence electrons. The fourth-order valence-corrected chi connectivity index (χ4v) is 4.05. The number of hydrogen-bond donors (Lipinski definition) is 0. The lowest BCUT2D eigenvalue weighted by Gasteiger charge is -1.99. The molecule has 1 nitrogen and oxygen atoms in total. The van der Waals surface area contributed by atoms with Crippen molar-refractivity contribution in [2.75, 3.05) is 17.6 Å². The average molecular weight is 286 g/mol. The first-order valence-corrected chi connectivity index (χ1v) is 8.08. The predicted molar refractivity (Wildman–Crippen MR) is 62.8 cm³/mol. The van der Waals surface area contributed by atoms with Crippen molar-refractivity contribution >= 4 is 32.1 Å². The van der Waals surface area contributed by atoms with Crippen molar-refractivity contribution < 1.29 is 4.74 Å². The molecule has 0 unspecified atom stereocenters. The standard InChI is InChI=1S/C8H19IOSi/c1-2-10-6-4-8-11-7-3-5-9/h2-8,11H2,1H3. The van der Waals surface area contributed by atoms with Crippen molar-refractivity contribution in [3.05, 3.63) is 0 Å². The lowest BCUT2D eigenvalue weighted by atomic mass is 10.5. The van der Waals surface area contributed by atoms with Crippen molar-refractivity contribution in [3.63, 3.8) is 0 Å². The fourth-order valence-electron chi connectivity index (χ4n) is 0.973. The largest absolute Gasteiger partial charge is 0.382 e. The van der Waals surface area contributed by atoms with Crippen LogP contribution in [-0.4, -0.2) is 27.2 Å². The zero-order valence-corrected chi connectivity index (χ0v) is 11.0. The molecule has 0 aromatic heterocycles. The van der Waals surface area contributed by atoms with E-state index in [0.717, 1.165) is 13.2 Å². The van der Waals surface area contributed by atoms with Crippen LogP contribution in [0.2, 0.25) is 12.1 Å². The SMILES string of the molecule is CCOCCC[SiH2]CCCI. The van der Waals surface area contributed by atoms with E-state index < -0.39 is 0 Å². The smallest absolute Gasteiger partial charge is 0.0463 e. The molecule has 3 heteroatoms. The Bertz CT molecular complexity index is 63.1. The van der Waals surface area contributed by atoms with Crippen LogP contribution in [0.4, 0.5) is 0 Å². The van der Waals surface area contributed by atoms with Gasteiger partial charge in [-0.2, -0.15) is 0 Å². The van der Waals surface area contributed by atoms with E-state index in [1.54, 1.807) is 0 Å². The van der Waals surface area contributed by atoms with Crippen LogP contribution in [0.1, 0.15) is 19.8 Å². The molecule has 0 aliphatic carbocycles. The molecular formula is C8H19IOSi. The van der Waals surface area contributed by atoms with E-state index in [1.165, 1.54) is 29.4 Å². The van der Waals surface area contributed by atoms with Crippen molar-refractivity contribution in [1.82, 2.24) is 0 Å². The van der Waals surface area contributed by atoms with Gasteiger partial charge in [0.2, 0.25) is 0 Å². The van der Waals surface area contributed by atoms with Gasteiger partial charge in [0.05, 0.1) is 0 Å². The van der Waals surface area contributed by atoms with Crippen LogP contribution in [0.3, 0.4) is 0 Å². The topological polar surface area (TPSA) is 9.23 Å². The van der Waals surface area contributed by atoms with Gasteiger partial charge in [0.25, 0.3) is 0 Å². The van der Waals surface area contributed by atoms with Crippen molar-refractivity contribution in [2.45, 2.75) is 31.9 Å². The van der Waals surface area contributed by atoms with Gasteiger partial charge in [-0.15, -0.1) is 0 Å². The van der Waals surface area contributed by atoms with E-state index >= 15 is 0 Å². The van der Waals surface area contributed by atoms with E-state index in [4.69, 9.17) is 4.74 Å². The fraction of sp³-hybridized carbons (Fsp3) is 1.00. The maximum atomic E-state index is 5.26. The van der Waals surface area contributed by atoms with Crippen LogP contribution in [0, 0.1) is 0 Å². The Balaban J connectivity index is 2.69. The maximum absolute atomic E-state index is 5.26. The summed E-state index contributed by atoms with van der Waals surface area (Å²) in [4.78, 5) is 0. The van der Waals surface area contributed by atoms with Gasteiger partial charge >= 0.3 is 0 Å². The second-order valence-corrected chi connectivity index (χ2v) is 5.85. The lowest BCUT2D eigenvalue weighted by Crippen LogP contribution is -1.96. The highest BCUT2D eigenvalue weighted by molar-refractivity contribution is 14.1.